The second kappa shape index (κ2) is 11.1. The van der Waals surface area contributed by atoms with E-state index in [1.807, 2.05) is 6.92 Å². The molecule has 29 heavy (non-hydrogen) atoms. The molecule has 2 bridgehead atoms. The minimum absolute atomic E-state index is 0.156. The van der Waals surface area contributed by atoms with Crippen LogP contribution in [0.3, 0.4) is 0 Å². The minimum Gasteiger partial charge on any atom is -0.598 e. The van der Waals surface area contributed by atoms with Gasteiger partial charge < -0.3 is 29.3 Å². The molecule has 0 saturated carbocycles. The first kappa shape index (κ1) is 23.8. The smallest absolute Gasteiger partial charge is 0.132 e. The molecule has 8 nitrogen and oxygen atoms in total. The fraction of sp³-hybridized carbons (Fsp3) is 0.895. The molecule has 10 heteroatoms. The van der Waals surface area contributed by atoms with Crippen molar-refractivity contribution in [2.45, 2.75) is 54.9 Å². The van der Waals surface area contributed by atoms with Gasteiger partial charge >= 0.3 is 0 Å². The van der Waals surface area contributed by atoms with Crippen LogP contribution in [0.5, 0.6) is 0 Å². The van der Waals surface area contributed by atoms with Crippen LogP contribution < -0.4 is 5.14 Å². The molecule has 0 aliphatic carbocycles. The Kier molecular flexibility index (Phi) is 9.12. The summed E-state index contributed by atoms with van der Waals surface area (Å²) in [5, 5.41) is 36.7. The summed E-state index contributed by atoms with van der Waals surface area (Å²) in [6.45, 7) is 6.02. The first-order chi connectivity index (χ1) is 13.9. The number of ether oxygens (including phenoxy) is 2. The Hall–Kier alpha value is 0.120. The molecule has 0 spiro atoms. The van der Waals surface area contributed by atoms with E-state index in [1.54, 1.807) is 0 Å². The van der Waals surface area contributed by atoms with Crippen molar-refractivity contribution in [2.24, 2.45) is 17.0 Å². The zero-order valence-electron chi connectivity index (χ0n) is 16.8. The standard InChI is InChI=1S/C19H34N2O6S2/c1-12(29(20)25)9-14-4-2-3-13(10-21-5-7-26-8-6-21)11-28-19-17(24)15(22)16(23)18(14)27-19/h2-3,12-19,22-24H,4-11,20H2,1H3/t12?,13-,14+,15-,16+,17+,18+,19+,29?/m0/s1. The van der Waals surface area contributed by atoms with Crippen molar-refractivity contribution < 1.29 is 29.3 Å². The summed E-state index contributed by atoms with van der Waals surface area (Å²) in [5.41, 5.74) is -0.613. The van der Waals surface area contributed by atoms with Crippen molar-refractivity contribution in [3.63, 3.8) is 0 Å². The lowest BCUT2D eigenvalue weighted by Gasteiger charge is -2.44. The molecule has 0 aromatic rings. The van der Waals surface area contributed by atoms with E-state index in [-0.39, 0.29) is 17.1 Å². The number of allylic oxidation sites excluding steroid dienone is 1. The molecule has 0 amide bonds. The zero-order valence-corrected chi connectivity index (χ0v) is 18.5. The van der Waals surface area contributed by atoms with Crippen molar-refractivity contribution in [1.82, 2.24) is 4.90 Å². The van der Waals surface area contributed by atoms with E-state index >= 15 is 0 Å². The second-order valence-electron chi connectivity index (χ2n) is 8.25. The van der Waals surface area contributed by atoms with E-state index < -0.39 is 41.2 Å². The van der Waals surface area contributed by atoms with Crippen LogP contribution in [0.15, 0.2) is 12.2 Å². The second-order valence-corrected chi connectivity index (χ2v) is 10.8. The quantitative estimate of drug-likeness (QED) is 0.322. The number of aliphatic hydroxyl groups is 3. The van der Waals surface area contributed by atoms with Gasteiger partial charge in [0.05, 0.1) is 19.3 Å². The highest BCUT2D eigenvalue weighted by molar-refractivity contribution is 7.99. The maximum absolute atomic E-state index is 11.7. The molecule has 3 heterocycles. The van der Waals surface area contributed by atoms with Gasteiger partial charge in [-0.15, -0.1) is 11.8 Å². The summed E-state index contributed by atoms with van der Waals surface area (Å²) >= 11 is 0.00224. The molecule has 2 saturated heterocycles. The number of aliphatic hydroxyl groups excluding tert-OH is 3. The highest BCUT2D eigenvalue weighted by atomic mass is 32.2. The van der Waals surface area contributed by atoms with Gasteiger partial charge in [0.25, 0.3) is 0 Å². The molecule has 0 radical (unpaired) electrons. The van der Waals surface area contributed by atoms with E-state index in [0.717, 1.165) is 38.6 Å². The molecule has 0 aromatic heterocycles. The number of thioether (sulfide) groups is 1. The summed E-state index contributed by atoms with van der Waals surface area (Å²) in [7, 11) is 0. The van der Waals surface area contributed by atoms with Gasteiger partial charge in [-0.25, -0.2) is 0 Å². The summed E-state index contributed by atoms with van der Waals surface area (Å²) < 4.78 is 23.2. The van der Waals surface area contributed by atoms with Gasteiger partial charge in [0.2, 0.25) is 0 Å². The van der Waals surface area contributed by atoms with Gasteiger partial charge in [-0.05, 0) is 25.2 Å². The molecule has 3 rings (SSSR count). The van der Waals surface area contributed by atoms with Gasteiger partial charge in [0, 0.05) is 43.2 Å². The van der Waals surface area contributed by atoms with Crippen molar-refractivity contribution in [3.8, 4) is 0 Å². The maximum atomic E-state index is 11.7. The summed E-state index contributed by atoms with van der Waals surface area (Å²) in [6, 6.07) is 0. The fourth-order valence-corrected chi connectivity index (χ4v) is 5.89. The van der Waals surface area contributed by atoms with Crippen LogP contribution in [-0.2, 0) is 20.8 Å². The van der Waals surface area contributed by atoms with Crippen molar-refractivity contribution in [2.75, 3.05) is 38.6 Å². The third-order valence-electron chi connectivity index (χ3n) is 6.02. The van der Waals surface area contributed by atoms with E-state index in [9.17, 15) is 19.9 Å². The lowest BCUT2D eigenvalue weighted by molar-refractivity contribution is -0.211. The van der Waals surface area contributed by atoms with E-state index in [0.29, 0.717) is 12.8 Å². The molecule has 2 fully saturated rings. The van der Waals surface area contributed by atoms with Gasteiger partial charge in [-0.2, -0.15) is 5.14 Å². The van der Waals surface area contributed by atoms with Crippen LogP contribution in [0.25, 0.3) is 0 Å². The number of nitrogens with two attached hydrogens (primary N) is 1. The summed E-state index contributed by atoms with van der Waals surface area (Å²) in [6.07, 6.45) is 1.19. The number of nitrogens with zero attached hydrogens (tertiary/aromatic N) is 1. The Morgan fingerprint density at radius 3 is 2.66 bits per heavy atom. The van der Waals surface area contributed by atoms with Crippen molar-refractivity contribution in [3.05, 3.63) is 12.2 Å². The summed E-state index contributed by atoms with van der Waals surface area (Å²) in [4.78, 5) is 2.38. The third kappa shape index (κ3) is 6.31. The predicted molar refractivity (Wildman–Crippen MR) is 114 cm³/mol. The first-order valence-corrected chi connectivity index (χ1v) is 12.6. The number of fused-ring (bicyclic) bond motifs is 2. The Morgan fingerprint density at radius 1 is 1.24 bits per heavy atom. The molecule has 5 N–H and O–H groups in total. The molecular weight excluding hydrogens is 416 g/mol. The van der Waals surface area contributed by atoms with E-state index in [4.69, 9.17) is 14.6 Å². The minimum atomic E-state index is -1.47. The third-order valence-corrected chi connectivity index (χ3v) is 8.35. The van der Waals surface area contributed by atoms with Gasteiger partial charge in [-0.1, -0.05) is 12.2 Å². The molecule has 3 aliphatic heterocycles. The Labute approximate surface area is 180 Å². The molecule has 168 valence electrons. The average molecular weight is 451 g/mol. The Balaban J connectivity index is 1.75. The lowest BCUT2D eigenvalue weighted by atomic mass is 9.85. The van der Waals surface area contributed by atoms with E-state index in [2.05, 4.69) is 17.1 Å². The number of hydrogen-bond donors (Lipinski definition) is 4. The summed E-state index contributed by atoms with van der Waals surface area (Å²) in [5.74, 6) is 0.867. The van der Waals surface area contributed by atoms with Crippen LogP contribution in [0, 0.1) is 11.8 Å². The topological polar surface area (TPSA) is 131 Å². The number of morpholine rings is 1. The highest BCUT2D eigenvalue weighted by Gasteiger charge is 2.47. The molecular formula is C19H34N2O6S2. The molecule has 0 aromatic carbocycles. The lowest BCUT2D eigenvalue weighted by Crippen LogP contribution is -2.59. The van der Waals surface area contributed by atoms with Gasteiger partial charge in [0.1, 0.15) is 29.0 Å². The van der Waals surface area contributed by atoms with Crippen LogP contribution in [0.1, 0.15) is 19.8 Å². The van der Waals surface area contributed by atoms with Crippen LogP contribution >= 0.6 is 11.8 Å². The SMILES string of the molecule is CC(C[C@H]1CC=C[C@@H](CN2CCOCC2)CS[C@H]2O[C@H]1[C@H](O)[C@H](O)[C@H]2O)[S+](N)[O-]. The average Bonchev–Trinajstić information content (AvgIpc) is 2.71. The molecule has 9 atom stereocenters. The molecule has 2 unspecified atom stereocenters. The molecule has 3 aliphatic rings. The normalized spacial score (nSPS) is 41.7. The zero-order chi connectivity index (χ0) is 21.0. The van der Waals surface area contributed by atoms with Gasteiger partial charge in [0.15, 0.2) is 0 Å². The Morgan fingerprint density at radius 2 is 1.97 bits per heavy atom. The van der Waals surface area contributed by atoms with E-state index in [1.165, 1.54) is 11.8 Å². The number of hydrogen-bond acceptors (Lipinski definition) is 9. The Bertz CT molecular complexity index is 537. The van der Waals surface area contributed by atoms with Crippen LogP contribution in [-0.4, -0.2) is 98.5 Å². The van der Waals surface area contributed by atoms with Crippen molar-refractivity contribution >= 4 is 23.1 Å². The maximum Gasteiger partial charge on any atom is 0.132 e. The van der Waals surface area contributed by atoms with Crippen LogP contribution in [0.4, 0.5) is 0 Å². The van der Waals surface area contributed by atoms with Gasteiger partial charge in [-0.3, -0.25) is 4.90 Å². The first-order valence-electron chi connectivity index (χ1n) is 10.3. The van der Waals surface area contributed by atoms with Crippen LogP contribution in [0.2, 0.25) is 0 Å². The fourth-order valence-electron chi connectivity index (χ4n) is 4.24. The highest BCUT2D eigenvalue weighted by Crippen LogP contribution is 2.36. The monoisotopic (exact) mass is 450 g/mol. The van der Waals surface area contributed by atoms with Crippen molar-refractivity contribution in [1.29, 1.82) is 0 Å². The predicted octanol–water partition coefficient (Wildman–Crippen LogP) is -0.547. The number of rotatable bonds is 5. The largest absolute Gasteiger partial charge is 0.598 e.